The van der Waals surface area contributed by atoms with Gasteiger partial charge in [-0.3, -0.25) is 0 Å². The molecule has 9 heteroatoms. The van der Waals surface area contributed by atoms with Gasteiger partial charge in [-0.25, -0.2) is 13.3 Å². The first-order valence-electron chi connectivity index (χ1n) is 6.21. The Morgan fingerprint density at radius 3 is 1.43 bits per heavy atom. The molecule has 0 saturated carbocycles. The summed E-state index contributed by atoms with van der Waals surface area (Å²) in [5.41, 5.74) is 0. The van der Waals surface area contributed by atoms with Gasteiger partial charge in [0.15, 0.2) is 6.16 Å². The molecule has 2 aromatic carbocycles. The second-order valence-electron chi connectivity index (χ2n) is 4.47. The molecule has 0 aromatic heterocycles. The molecule has 2 aromatic rings. The molecule has 0 spiro atoms. The van der Waals surface area contributed by atoms with Crippen LogP contribution in [0.4, 0.5) is 22.0 Å². The molecule has 0 aliphatic heterocycles. The van der Waals surface area contributed by atoms with E-state index in [4.69, 9.17) is 9.05 Å². The molecule has 0 amide bonds. The lowest BCUT2D eigenvalue weighted by Crippen LogP contribution is -2.19. The highest BCUT2D eigenvalue weighted by atomic mass is 31.2. The van der Waals surface area contributed by atoms with Crippen LogP contribution in [0.2, 0.25) is 0 Å². The van der Waals surface area contributed by atoms with Crippen LogP contribution >= 0.6 is 7.60 Å². The molecule has 0 N–H and O–H groups in total. The van der Waals surface area contributed by atoms with Crippen molar-refractivity contribution in [3.05, 3.63) is 60.2 Å². The highest BCUT2D eigenvalue weighted by Crippen LogP contribution is 2.51. The average molecular weight is 352 g/mol. The van der Waals surface area contributed by atoms with Gasteiger partial charge in [-0.15, -0.1) is 0 Å². The lowest BCUT2D eigenvalue weighted by molar-refractivity contribution is -0.108. The van der Waals surface area contributed by atoms with Gasteiger partial charge in [0.2, 0.25) is 0 Å². The van der Waals surface area contributed by atoms with Gasteiger partial charge in [0.1, 0.15) is 23.1 Å². The highest BCUT2D eigenvalue weighted by Gasteiger charge is 2.43. The van der Waals surface area contributed by atoms with Crippen molar-refractivity contribution in [3.8, 4) is 11.5 Å². The molecular formula is C14H10F5O3P. The van der Waals surface area contributed by atoms with E-state index in [-0.39, 0.29) is 11.5 Å². The van der Waals surface area contributed by atoms with E-state index in [0.29, 0.717) is 0 Å². The quantitative estimate of drug-likeness (QED) is 0.550. The molecule has 0 aliphatic carbocycles. The van der Waals surface area contributed by atoms with E-state index >= 15 is 0 Å². The van der Waals surface area contributed by atoms with Crippen molar-refractivity contribution in [3.63, 3.8) is 0 Å². The molecule has 0 unspecified atom stereocenters. The van der Waals surface area contributed by atoms with Crippen LogP contribution in [0.3, 0.4) is 0 Å². The van der Waals surface area contributed by atoms with E-state index < -0.39 is 31.6 Å². The SMILES string of the molecule is O=P(CC(F)(F)F)(Oc1ccc(F)cc1)Oc1ccc(F)cc1. The molecule has 0 radical (unpaired) electrons. The average Bonchev–Trinajstić information content (AvgIpc) is 2.42. The molecule has 0 bridgehead atoms. The van der Waals surface area contributed by atoms with Crippen molar-refractivity contribution >= 4 is 7.60 Å². The van der Waals surface area contributed by atoms with Gasteiger partial charge in [0.05, 0.1) is 0 Å². The van der Waals surface area contributed by atoms with Gasteiger partial charge in [-0.05, 0) is 48.5 Å². The lowest BCUT2D eigenvalue weighted by atomic mass is 10.3. The minimum Gasteiger partial charge on any atom is -0.416 e. The van der Waals surface area contributed by atoms with E-state index in [1.165, 1.54) is 0 Å². The van der Waals surface area contributed by atoms with Gasteiger partial charge in [-0.2, -0.15) is 13.2 Å². The van der Waals surface area contributed by atoms with Gasteiger partial charge < -0.3 is 9.05 Å². The van der Waals surface area contributed by atoms with E-state index in [9.17, 15) is 26.5 Å². The number of alkyl halides is 3. The Bertz CT molecular complexity index is 646. The first kappa shape index (κ1) is 17.3. The number of rotatable bonds is 5. The number of hydrogen-bond donors (Lipinski definition) is 0. The standard InChI is InChI=1S/C14H10F5O3P/c15-10-1-5-12(6-2-10)21-23(20,9-14(17,18)19)22-13-7-3-11(16)4-8-13/h1-8H,9H2. The van der Waals surface area contributed by atoms with Crippen molar-refractivity contribution in [2.45, 2.75) is 6.18 Å². The number of benzene rings is 2. The molecule has 0 fully saturated rings. The predicted octanol–water partition coefficient (Wildman–Crippen LogP) is 5.18. The van der Waals surface area contributed by atoms with Crippen LogP contribution in [0.5, 0.6) is 11.5 Å². The van der Waals surface area contributed by atoms with Crippen molar-refractivity contribution in [1.29, 1.82) is 0 Å². The van der Waals surface area contributed by atoms with Crippen LogP contribution in [-0.2, 0) is 4.57 Å². The van der Waals surface area contributed by atoms with Gasteiger partial charge in [-0.1, -0.05) is 0 Å². The van der Waals surface area contributed by atoms with E-state index in [0.717, 1.165) is 48.5 Å². The summed E-state index contributed by atoms with van der Waals surface area (Å²) in [6, 6.07) is 7.82. The topological polar surface area (TPSA) is 35.5 Å². The molecule has 23 heavy (non-hydrogen) atoms. The minimum absolute atomic E-state index is 0.249. The first-order valence-corrected chi connectivity index (χ1v) is 7.94. The van der Waals surface area contributed by atoms with Gasteiger partial charge in [0, 0.05) is 0 Å². The zero-order chi connectivity index (χ0) is 17.1. The zero-order valence-electron chi connectivity index (χ0n) is 11.4. The molecule has 0 saturated heterocycles. The van der Waals surface area contributed by atoms with E-state index in [1.54, 1.807) is 0 Å². The summed E-state index contributed by atoms with van der Waals surface area (Å²) in [5, 5.41) is 0. The first-order chi connectivity index (χ1) is 10.7. The lowest BCUT2D eigenvalue weighted by Gasteiger charge is -2.21. The fourth-order valence-corrected chi connectivity index (χ4v) is 3.11. The number of hydrogen-bond acceptors (Lipinski definition) is 3. The zero-order valence-corrected chi connectivity index (χ0v) is 12.3. The fraction of sp³-hybridized carbons (Fsp3) is 0.143. The van der Waals surface area contributed by atoms with E-state index in [1.807, 2.05) is 0 Å². The van der Waals surface area contributed by atoms with Gasteiger partial charge in [0.25, 0.3) is 0 Å². The molecule has 0 aliphatic rings. The molecular weight excluding hydrogens is 342 g/mol. The highest BCUT2D eigenvalue weighted by molar-refractivity contribution is 7.54. The smallest absolute Gasteiger partial charge is 0.416 e. The Morgan fingerprint density at radius 1 is 0.783 bits per heavy atom. The number of halogens is 5. The van der Waals surface area contributed by atoms with Gasteiger partial charge >= 0.3 is 13.8 Å². The van der Waals surface area contributed by atoms with Crippen LogP contribution in [-0.4, -0.2) is 12.3 Å². The van der Waals surface area contributed by atoms with Crippen LogP contribution < -0.4 is 9.05 Å². The summed E-state index contributed by atoms with van der Waals surface area (Å²) in [6.07, 6.45) is -6.68. The molecule has 3 nitrogen and oxygen atoms in total. The fourth-order valence-electron chi connectivity index (χ4n) is 1.61. The largest absolute Gasteiger partial charge is 0.439 e. The molecule has 124 valence electrons. The summed E-state index contributed by atoms with van der Waals surface area (Å²) in [4.78, 5) is 0. The van der Waals surface area contributed by atoms with Crippen LogP contribution in [0.25, 0.3) is 0 Å². The van der Waals surface area contributed by atoms with Crippen molar-refractivity contribution in [1.82, 2.24) is 0 Å². The summed E-state index contributed by atoms with van der Waals surface area (Å²) in [7, 11) is -4.68. The Kier molecular flexibility index (Phi) is 4.94. The van der Waals surface area contributed by atoms with Crippen molar-refractivity contribution in [2.75, 3.05) is 6.16 Å². The summed E-state index contributed by atoms with van der Waals surface area (Å²) in [5.74, 6) is -1.77. The second-order valence-corrected chi connectivity index (χ2v) is 6.38. The monoisotopic (exact) mass is 352 g/mol. The summed E-state index contributed by atoms with van der Waals surface area (Å²) in [6.45, 7) is 0. The normalized spacial score (nSPS) is 12.0. The Labute approximate surface area is 128 Å². The third-order valence-electron chi connectivity index (χ3n) is 2.49. The summed E-state index contributed by atoms with van der Waals surface area (Å²) < 4.78 is 85.5. The third kappa shape index (κ3) is 5.56. The van der Waals surface area contributed by atoms with E-state index in [2.05, 4.69) is 0 Å². The van der Waals surface area contributed by atoms with Crippen molar-refractivity contribution < 1.29 is 35.6 Å². The second kappa shape index (κ2) is 6.58. The minimum atomic E-state index is -4.82. The maximum absolute atomic E-state index is 12.8. The molecule has 0 atom stereocenters. The summed E-state index contributed by atoms with van der Waals surface area (Å²) >= 11 is 0. The van der Waals surface area contributed by atoms with Crippen LogP contribution in [0.15, 0.2) is 48.5 Å². The third-order valence-corrected chi connectivity index (χ3v) is 4.21. The molecule has 2 rings (SSSR count). The maximum Gasteiger partial charge on any atom is 0.439 e. The van der Waals surface area contributed by atoms with Crippen LogP contribution in [0, 0.1) is 11.6 Å². The molecule has 0 heterocycles. The Balaban J connectivity index is 2.25. The maximum atomic E-state index is 12.8. The van der Waals surface area contributed by atoms with Crippen LogP contribution in [0.1, 0.15) is 0 Å². The van der Waals surface area contributed by atoms with Crippen molar-refractivity contribution in [2.24, 2.45) is 0 Å². The Hall–Kier alpha value is -2.08. The Morgan fingerprint density at radius 2 is 1.13 bits per heavy atom. The predicted molar refractivity (Wildman–Crippen MR) is 72.6 cm³/mol.